The number of likely N-dealkylation sites (tertiary alicyclic amines) is 1. The number of nitrogens with one attached hydrogen (secondary N) is 1. The van der Waals surface area contributed by atoms with Crippen LogP contribution in [0.4, 0.5) is 8.78 Å². The lowest BCUT2D eigenvalue weighted by Gasteiger charge is -2.42. The van der Waals surface area contributed by atoms with Gasteiger partial charge >= 0.3 is 0 Å². The third-order valence-corrected chi connectivity index (χ3v) is 8.04. The van der Waals surface area contributed by atoms with Gasteiger partial charge in [0.15, 0.2) is 5.82 Å². The highest BCUT2D eigenvalue weighted by atomic mass is 32.2. The van der Waals surface area contributed by atoms with Crippen molar-refractivity contribution >= 4 is 21.8 Å². The Labute approximate surface area is 194 Å². The maximum Gasteiger partial charge on any atom is 0.150 e. The summed E-state index contributed by atoms with van der Waals surface area (Å²) in [6, 6.07) is 3.25. The molecule has 2 fully saturated rings. The van der Waals surface area contributed by atoms with Gasteiger partial charge in [0.2, 0.25) is 0 Å². The van der Waals surface area contributed by atoms with Crippen molar-refractivity contribution in [2.45, 2.75) is 51.2 Å². The molecule has 2 N–H and O–H groups in total. The van der Waals surface area contributed by atoms with Gasteiger partial charge in [0, 0.05) is 77.2 Å². The predicted octanol–water partition coefficient (Wildman–Crippen LogP) is 4.12. The number of fused-ring (bicyclic) bond motifs is 1. The molecule has 0 atom stereocenters. The fourth-order valence-corrected chi connectivity index (χ4v) is 6.10. The van der Waals surface area contributed by atoms with Gasteiger partial charge in [-0.05, 0) is 31.7 Å². The Kier molecular flexibility index (Phi) is 7.21. The van der Waals surface area contributed by atoms with Gasteiger partial charge in [-0.3, -0.25) is 9.19 Å². The summed E-state index contributed by atoms with van der Waals surface area (Å²) in [4.78, 5) is 13.5. The van der Waals surface area contributed by atoms with E-state index in [-0.39, 0.29) is 10.9 Å². The second-order valence-electron chi connectivity index (χ2n) is 8.41. The molecule has 5 heterocycles. The zero-order valence-electron chi connectivity index (χ0n) is 19.0. The molecule has 0 aromatic carbocycles. The van der Waals surface area contributed by atoms with Crippen LogP contribution in [0.5, 0.6) is 0 Å². The molecule has 6 nitrogen and oxygen atoms in total. The molecule has 2 aliphatic heterocycles. The van der Waals surface area contributed by atoms with E-state index < -0.39 is 28.0 Å². The minimum atomic E-state index is -1.28. The molecule has 0 unspecified atom stereocenters. The van der Waals surface area contributed by atoms with Gasteiger partial charge in [-0.1, -0.05) is 13.8 Å². The maximum atomic E-state index is 15.1. The van der Waals surface area contributed by atoms with Gasteiger partial charge in [-0.15, -0.1) is 0 Å². The van der Waals surface area contributed by atoms with E-state index in [9.17, 15) is 13.7 Å². The summed E-state index contributed by atoms with van der Waals surface area (Å²) in [6.07, 6.45) is 6.75. The zero-order valence-corrected chi connectivity index (χ0v) is 19.8. The van der Waals surface area contributed by atoms with Crippen LogP contribution in [0.25, 0.3) is 22.3 Å². The van der Waals surface area contributed by atoms with Crippen molar-refractivity contribution in [1.82, 2.24) is 19.9 Å². The van der Waals surface area contributed by atoms with Gasteiger partial charge in [0.05, 0.1) is 16.7 Å². The van der Waals surface area contributed by atoms with Gasteiger partial charge < -0.3 is 15.0 Å². The van der Waals surface area contributed by atoms with Crippen LogP contribution >= 0.6 is 0 Å². The van der Waals surface area contributed by atoms with Crippen LogP contribution in [0, 0.1) is 11.6 Å². The summed E-state index contributed by atoms with van der Waals surface area (Å²) < 4.78 is 40.9. The van der Waals surface area contributed by atoms with E-state index in [0.29, 0.717) is 48.9 Å². The summed E-state index contributed by atoms with van der Waals surface area (Å²) >= 11 is 0. The maximum absolute atomic E-state index is 15.1. The fraction of sp³-hybridized carbons (Fsp3) is 0.500. The van der Waals surface area contributed by atoms with Crippen molar-refractivity contribution in [3.05, 3.63) is 47.9 Å². The zero-order chi connectivity index (χ0) is 23.6. The quantitative estimate of drug-likeness (QED) is 0.594. The molecule has 0 amide bonds. The molecule has 33 heavy (non-hydrogen) atoms. The lowest BCUT2D eigenvalue weighted by molar-refractivity contribution is -0.0390. The lowest BCUT2D eigenvalue weighted by atomic mass is 9.84. The summed E-state index contributed by atoms with van der Waals surface area (Å²) in [5.74, 6) is 0.446. The summed E-state index contributed by atoms with van der Waals surface area (Å²) in [5, 5.41) is 11.5. The first-order valence-electron chi connectivity index (χ1n) is 11.5. The Hall–Kier alpha value is -2.23. The summed E-state index contributed by atoms with van der Waals surface area (Å²) in [6.45, 7) is 5.32. The molecule has 178 valence electrons. The minimum absolute atomic E-state index is 0.181. The van der Waals surface area contributed by atoms with Crippen LogP contribution in [0.15, 0.2) is 30.7 Å². The van der Waals surface area contributed by atoms with E-state index in [1.54, 1.807) is 6.07 Å². The first-order chi connectivity index (χ1) is 15.9. The average molecular weight is 477 g/mol. The molecule has 9 heteroatoms. The number of pyridine rings is 2. The van der Waals surface area contributed by atoms with E-state index in [2.05, 4.69) is 19.9 Å². The highest BCUT2D eigenvalue weighted by Gasteiger charge is 2.38. The van der Waals surface area contributed by atoms with Gasteiger partial charge in [0.1, 0.15) is 11.5 Å². The fourth-order valence-electron chi connectivity index (χ4n) is 4.83. The minimum Gasteiger partial charge on any atom is -0.385 e. The normalized spacial score (nSPS) is 23.2. The number of hydrogen-bond acceptors (Lipinski definition) is 5. The number of aliphatic hydroxyl groups is 1. The summed E-state index contributed by atoms with van der Waals surface area (Å²) in [5.41, 5.74) is 0.0182. The van der Waals surface area contributed by atoms with Crippen LogP contribution in [0.1, 0.15) is 45.1 Å². The van der Waals surface area contributed by atoms with Gasteiger partial charge in [-0.2, -0.15) is 0 Å². The number of halogens is 2. The highest BCUT2D eigenvalue weighted by Crippen LogP contribution is 2.37. The SMILES string of the molecule is CC.O=S1CCC(N2CCC(O)(c3cnc(-c4ccnc5[nH]cc(F)c45)cc3F)CC2)CC1. The van der Waals surface area contributed by atoms with Gasteiger partial charge in [0.25, 0.3) is 0 Å². The largest absolute Gasteiger partial charge is 0.385 e. The number of hydrogen-bond donors (Lipinski definition) is 2. The number of nitrogens with zero attached hydrogens (tertiary/aromatic N) is 3. The Bertz CT molecular complexity index is 1130. The monoisotopic (exact) mass is 476 g/mol. The van der Waals surface area contributed by atoms with Crippen molar-refractivity contribution in [3.63, 3.8) is 0 Å². The number of piperidine rings is 1. The molecule has 3 aromatic rings. The summed E-state index contributed by atoms with van der Waals surface area (Å²) in [7, 11) is -0.703. The Morgan fingerprint density at radius 2 is 1.85 bits per heavy atom. The van der Waals surface area contributed by atoms with E-state index in [1.807, 2.05) is 13.8 Å². The molecule has 0 bridgehead atoms. The van der Waals surface area contributed by atoms with E-state index >= 15 is 4.39 Å². The van der Waals surface area contributed by atoms with Crippen LogP contribution < -0.4 is 0 Å². The van der Waals surface area contributed by atoms with Crippen LogP contribution in [-0.4, -0.2) is 59.8 Å². The smallest absolute Gasteiger partial charge is 0.150 e. The number of aromatic nitrogens is 3. The van der Waals surface area contributed by atoms with E-state index in [1.165, 1.54) is 24.7 Å². The molecular formula is C24H30F2N4O2S. The first kappa shape index (κ1) is 23.9. The third-order valence-electron chi connectivity index (χ3n) is 6.66. The Morgan fingerprint density at radius 3 is 2.52 bits per heavy atom. The molecular weight excluding hydrogens is 446 g/mol. The lowest BCUT2D eigenvalue weighted by Crippen LogP contribution is -2.49. The molecule has 5 rings (SSSR count). The van der Waals surface area contributed by atoms with Crippen molar-refractivity contribution in [2.75, 3.05) is 24.6 Å². The van der Waals surface area contributed by atoms with E-state index in [0.717, 1.165) is 24.3 Å². The number of rotatable bonds is 3. The van der Waals surface area contributed by atoms with Crippen molar-refractivity contribution in [2.24, 2.45) is 0 Å². The standard InChI is InChI=1S/C22H24F2N4O2S.C2H6/c23-17-11-19(15-1-6-25-21-20(15)18(24)13-27-21)26-12-16(17)22(29)4-7-28(8-5-22)14-2-9-31(30)10-3-14;1-2/h1,6,11-14,29H,2-5,7-10H2,(H,25,27);1-2H3. The number of aromatic amines is 1. The topological polar surface area (TPSA) is 82.1 Å². The van der Waals surface area contributed by atoms with Crippen molar-refractivity contribution in [1.29, 1.82) is 0 Å². The molecule has 3 aromatic heterocycles. The average Bonchev–Trinajstić information content (AvgIpc) is 3.22. The third kappa shape index (κ3) is 4.72. The van der Waals surface area contributed by atoms with Gasteiger partial charge in [-0.25, -0.2) is 13.8 Å². The Morgan fingerprint density at radius 1 is 1.15 bits per heavy atom. The van der Waals surface area contributed by atoms with E-state index in [4.69, 9.17) is 0 Å². The van der Waals surface area contributed by atoms with Crippen LogP contribution in [0.2, 0.25) is 0 Å². The molecule has 0 saturated carbocycles. The highest BCUT2D eigenvalue weighted by molar-refractivity contribution is 7.85. The molecule has 0 spiro atoms. The Balaban J connectivity index is 0.00000126. The number of H-pyrrole nitrogens is 1. The van der Waals surface area contributed by atoms with Crippen LogP contribution in [0.3, 0.4) is 0 Å². The second kappa shape index (κ2) is 9.95. The first-order valence-corrected chi connectivity index (χ1v) is 13.0. The molecule has 0 radical (unpaired) electrons. The van der Waals surface area contributed by atoms with Crippen molar-refractivity contribution < 1.29 is 18.1 Å². The molecule has 0 aliphatic carbocycles. The molecule has 2 saturated heterocycles. The van der Waals surface area contributed by atoms with Crippen molar-refractivity contribution in [3.8, 4) is 11.3 Å². The molecule has 2 aliphatic rings. The second-order valence-corrected chi connectivity index (χ2v) is 10.1. The van der Waals surface area contributed by atoms with Crippen LogP contribution in [-0.2, 0) is 16.4 Å². The predicted molar refractivity (Wildman–Crippen MR) is 126 cm³/mol.